The van der Waals surface area contributed by atoms with Crippen molar-refractivity contribution in [3.63, 3.8) is 0 Å². The van der Waals surface area contributed by atoms with E-state index in [1.54, 1.807) is 11.0 Å². The Labute approximate surface area is 169 Å². The zero-order valence-electron chi connectivity index (χ0n) is 15.4. The SMILES string of the molecule is O=C(O)N1CCC(Oc2nc(-n3ccc4cc(-n5cncn5)ccc43)cs2)CC1. The van der Waals surface area contributed by atoms with Crippen LogP contribution in [0.1, 0.15) is 12.8 Å². The van der Waals surface area contributed by atoms with Gasteiger partial charge in [-0.05, 0) is 24.3 Å². The van der Waals surface area contributed by atoms with Gasteiger partial charge in [0, 0.05) is 42.9 Å². The molecule has 1 N–H and O–H groups in total. The normalized spacial score (nSPS) is 15.1. The number of hydrogen-bond donors (Lipinski definition) is 1. The number of nitrogens with zero attached hydrogens (tertiary/aromatic N) is 6. The summed E-state index contributed by atoms with van der Waals surface area (Å²) in [6, 6.07) is 8.12. The largest absolute Gasteiger partial charge is 0.467 e. The van der Waals surface area contributed by atoms with Crippen LogP contribution in [-0.4, -0.2) is 59.6 Å². The first-order valence-electron chi connectivity index (χ1n) is 9.24. The molecule has 0 aliphatic carbocycles. The number of ether oxygens (including phenoxy) is 1. The van der Waals surface area contributed by atoms with Crippen molar-refractivity contribution in [1.29, 1.82) is 0 Å². The topological polar surface area (TPSA) is 98.3 Å². The zero-order chi connectivity index (χ0) is 19.8. The van der Waals surface area contributed by atoms with Crippen LogP contribution in [0.4, 0.5) is 4.79 Å². The Hall–Kier alpha value is -3.40. The highest BCUT2D eigenvalue weighted by Gasteiger charge is 2.24. The van der Waals surface area contributed by atoms with Crippen molar-refractivity contribution in [1.82, 2.24) is 29.2 Å². The molecule has 4 aromatic rings. The number of rotatable bonds is 4. The number of fused-ring (bicyclic) bond motifs is 1. The van der Waals surface area contributed by atoms with Crippen LogP contribution in [0.5, 0.6) is 5.19 Å². The van der Waals surface area contributed by atoms with Crippen molar-refractivity contribution in [2.24, 2.45) is 0 Å². The first-order chi connectivity index (χ1) is 14.2. The molecular weight excluding hydrogens is 392 g/mol. The number of hydrogen-bond acceptors (Lipinski definition) is 6. The minimum Gasteiger partial charge on any atom is -0.467 e. The smallest absolute Gasteiger partial charge is 0.407 e. The summed E-state index contributed by atoms with van der Waals surface area (Å²) in [5.74, 6) is 0.802. The van der Waals surface area contributed by atoms with E-state index in [1.165, 1.54) is 22.6 Å². The Balaban J connectivity index is 1.33. The highest BCUT2D eigenvalue weighted by molar-refractivity contribution is 7.11. The molecule has 29 heavy (non-hydrogen) atoms. The average Bonchev–Trinajstić information content (AvgIpc) is 3.48. The molecule has 1 saturated heterocycles. The molecule has 0 saturated carbocycles. The number of aromatic nitrogens is 5. The molecule has 3 aromatic heterocycles. The van der Waals surface area contributed by atoms with Gasteiger partial charge in [-0.25, -0.2) is 14.5 Å². The summed E-state index contributed by atoms with van der Waals surface area (Å²) in [5.41, 5.74) is 1.99. The van der Waals surface area contributed by atoms with E-state index < -0.39 is 6.09 Å². The van der Waals surface area contributed by atoms with Crippen molar-refractivity contribution >= 4 is 28.3 Å². The second-order valence-corrected chi connectivity index (χ2v) is 7.65. The number of amides is 1. The van der Waals surface area contributed by atoms with Crippen LogP contribution in [0.15, 0.2) is 48.5 Å². The van der Waals surface area contributed by atoms with Crippen molar-refractivity contribution in [3.8, 4) is 16.7 Å². The molecule has 0 unspecified atom stereocenters. The Morgan fingerprint density at radius 2 is 2.10 bits per heavy atom. The number of benzene rings is 1. The standard InChI is InChI=1S/C19H18N6O3S/c26-19(27)23-6-4-15(5-7-23)28-18-22-17(10-29-18)24-8-3-13-9-14(1-2-16(13)24)25-12-20-11-21-25/h1-3,8-12,15H,4-7H2,(H,26,27). The number of thiazole rings is 1. The molecule has 1 aliphatic heterocycles. The zero-order valence-corrected chi connectivity index (χ0v) is 16.2. The van der Waals surface area contributed by atoms with Gasteiger partial charge in [-0.2, -0.15) is 10.1 Å². The number of carboxylic acid groups (broad SMARTS) is 1. The fourth-order valence-corrected chi connectivity index (χ4v) is 4.25. The summed E-state index contributed by atoms with van der Waals surface area (Å²) >= 11 is 1.45. The van der Waals surface area contributed by atoms with Gasteiger partial charge in [0.15, 0.2) is 5.82 Å². The lowest BCUT2D eigenvalue weighted by Crippen LogP contribution is -2.41. The van der Waals surface area contributed by atoms with Crippen molar-refractivity contribution in [2.75, 3.05) is 13.1 Å². The summed E-state index contributed by atoms with van der Waals surface area (Å²) in [4.78, 5) is 21.0. The molecule has 0 spiro atoms. The Bertz CT molecular complexity index is 1140. The second kappa shape index (κ2) is 7.21. The molecular formula is C19H18N6O3S. The lowest BCUT2D eigenvalue weighted by Gasteiger charge is -2.29. The molecule has 148 valence electrons. The fourth-order valence-electron chi connectivity index (χ4n) is 3.54. The van der Waals surface area contributed by atoms with E-state index in [9.17, 15) is 4.79 Å². The minimum absolute atomic E-state index is 0.00348. The highest BCUT2D eigenvalue weighted by atomic mass is 32.1. The van der Waals surface area contributed by atoms with E-state index in [2.05, 4.69) is 21.1 Å². The van der Waals surface area contributed by atoms with Gasteiger partial charge in [-0.1, -0.05) is 11.3 Å². The molecule has 5 rings (SSSR count). The van der Waals surface area contributed by atoms with Crippen LogP contribution in [0.25, 0.3) is 22.4 Å². The van der Waals surface area contributed by atoms with Crippen molar-refractivity contribution < 1.29 is 14.6 Å². The Morgan fingerprint density at radius 3 is 2.86 bits per heavy atom. The molecule has 10 heteroatoms. The summed E-state index contributed by atoms with van der Waals surface area (Å²) in [6.45, 7) is 0.989. The van der Waals surface area contributed by atoms with Crippen LogP contribution < -0.4 is 4.74 Å². The first kappa shape index (κ1) is 17.7. The fraction of sp³-hybridized carbons (Fsp3) is 0.263. The maximum Gasteiger partial charge on any atom is 0.407 e. The lowest BCUT2D eigenvalue weighted by atomic mass is 10.1. The van der Waals surface area contributed by atoms with Gasteiger partial charge < -0.3 is 19.3 Å². The van der Waals surface area contributed by atoms with Gasteiger partial charge in [0.1, 0.15) is 18.8 Å². The molecule has 1 amide bonds. The third kappa shape index (κ3) is 3.42. The van der Waals surface area contributed by atoms with Gasteiger partial charge in [0.05, 0.1) is 11.2 Å². The Kier molecular flexibility index (Phi) is 4.39. The molecule has 1 fully saturated rings. The van der Waals surface area contributed by atoms with Gasteiger partial charge >= 0.3 is 6.09 Å². The molecule has 0 radical (unpaired) electrons. The van der Waals surface area contributed by atoms with Crippen molar-refractivity contribution in [2.45, 2.75) is 18.9 Å². The minimum atomic E-state index is -0.869. The third-order valence-corrected chi connectivity index (χ3v) is 5.77. The quantitative estimate of drug-likeness (QED) is 0.555. The number of carbonyl (C=O) groups is 1. The van der Waals surface area contributed by atoms with Crippen LogP contribution in [0.3, 0.4) is 0 Å². The van der Waals surface area contributed by atoms with Crippen molar-refractivity contribution in [3.05, 3.63) is 48.5 Å². The van der Waals surface area contributed by atoms with E-state index in [0.29, 0.717) is 31.1 Å². The predicted molar refractivity (Wildman–Crippen MR) is 107 cm³/mol. The molecule has 1 aromatic carbocycles. The van der Waals surface area contributed by atoms with Gasteiger partial charge in [0.25, 0.3) is 5.19 Å². The third-order valence-electron chi connectivity index (χ3n) is 5.05. The molecule has 0 atom stereocenters. The average molecular weight is 410 g/mol. The molecule has 9 nitrogen and oxygen atoms in total. The van der Waals surface area contributed by atoms with Crippen LogP contribution >= 0.6 is 11.3 Å². The predicted octanol–water partition coefficient (Wildman–Crippen LogP) is 3.19. The summed E-state index contributed by atoms with van der Waals surface area (Å²) in [6.07, 6.45) is 5.65. The van der Waals surface area contributed by atoms with E-state index >= 15 is 0 Å². The maximum absolute atomic E-state index is 11.0. The van der Waals surface area contributed by atoms with E-state index in [-0.39, 0.29) is 6.10 Å². The summed E-state index contributed by atoms with van der Waals surface area (Å²) in [7, 11) is 0. The summed E-state index contributed by atoms with van der Waals surface area (Å²) in [5, 5.41) is 16.9. The second-order valence-electron chi connectivity index (χ2n) is 6.83. The van der Waals surface area contributed by atoms with E-state index in [1.807, 2.05) is 34.3 Å². The lowest BCUT2D eigenvalue weighted by molar-refractivity contribution is 0.0893. The van der Waals surface area contributed by atoms with E-state index in [0.717, 1.165) is 22.4 Å². The van der Waals surface area contributed by atoms with Gasteiger partial charge in [0.2, 0.25) is 0 Å². The monoisotopic (exact) mass is 410 g/mol. The van der Waals surface area contributed by atoms with Crippen LogP contribution in [0, 0.1) is 0 Å². The molecule has 1 aliphatic rings. The summed E-state index contributed by atoms with van der Waals surface area (Å²) < 4.78 is 9.75. The molecule has 0 bridgehead atoms. The van der Waals surface area contributed by atoms with Gasteiger partial charge in [-0.15, -0.1) is 0 Å². The number of piperidine rings is 1. The Morgan fingerprint density at radius 1 is 1.24 bits per heavy atom. The number of likely N-dealkylation sites (tertiary alicyclic amines) is 1. The van der Waals surface area contributed by atoms with Gasteiger partial charge in [-0.3, -0.25) is 0 Å². The first-order valence-corrected chi connectivity index (χ1v) is 10.1. The highest BCUT2D eigenvalue weighted by Crippen LogP contribution is 2.28. The van der Waals surface area contributed by atoms with Crippen LogP contribution in [-0.2, 0) is 0 Å². The maximum atomic E-state index is 11.0. The van der Waals surface area contributed by atoms with Crippen LogP contribution in [0.2, 0.25) is 0 Å². The molecule has 4 heterocycles. The van der Waals surface area contributed by atoms with E-state index in [4.69, 9.17) is 9.84 Å².